The molecule has 0 spiro atoms. The van der Waals surface area contributed by atoms with Crippen LogP contribution >= 0.6 is 0 Å². The number of H-pyrrole nitrogens is 1. The van der Waals surface area contributed by atoms with Crippen molar-refractivity contribution in [1.82, 2.24) is 62.4 Å². The zero-order valence-corrected chi connectivity index (χ0v) is 44.8. The van der Waals surface area contributed by atoms with E-state index in [1.165, 1.54) is 17.1 Å². The van der Waals surface area contributed by atoms with E-state index in [-0.39, 0.29) is 67.9 Å². The third kappa shape index (κ3) is 15.1. The van der Waals surface area contributed by atoms with Gasteiger partial charge in [-0.05, 0) is 48.6 Å². The summed E-state index contributed by atoms with van der Waals surface area (Å²) in [5.74, 6) is -12.5. The Bertz CT molecular complexity index is 2870. The zero-order valence-electron chi connectivity index (χ0n) is 44.8. The van der Waals surface area contributed by atoms with Gasteiger partial charge in [0.25, 0.3) is 0 Å². The summed E-state index contributed by atoms with van der Waals surface area (Å²) in [4.78, 5) is 162. The molecule has 7 bridgehead atoms. The number of carbonyl (C=O) groups is 11. The second kappa shape index (κ2) is 26.2. The highest BCUT2D eigenvalue weighted by Crippen LogP contribution is 2.35. The Labute approximate surface area is 453 Å². The van der Waals surface area contributed by atoms with Crippen molar-refractivity contribution in [3.8, 4) is 5.82 Å². The number of carboxylic acids is 2. The van der Waals surface area contributed by atoms with Gasteiger partial charge in [0.15, 0.2) is 5.96 Å². The second-order valence-corrected chi connectivity index (χ2v) is 20.9. The minimum Gasteiger partial charge on any atom is -0.481 e. The minimum absolute atomic E-state index is 0.0173. The summed E-state index contributed by atoms with van der Waals surface area (Å²) in [6, 6.07) is -6.04. The fraction of sp³-hybridized carbons (Fsp3) is 0.549. The number of aromatic amines is 1. The van der Waals surface area contributed by atoms with Crippen LogP contribution in [-0.4, -0.2) is 157 Å². The van der Waals surface area contributed by atoms with Crippen LogP contribution in [0.1, 0.15) is 103 Å². The van der Waals surface area contributed by atoms with E-state index in [0.717, 1.165) is 0 Å². The molecule has 16 N–H and O–H groups in total. The predicted octanol–water partition coefficient (Wildman–Crippen LogP) is -2.69. The molecule has 0 aliphatic carbocycles. The van der Waals surface area contributed by atoms with Crippen molar-refractivity contribution < 1.29 is 63.0 Å². The van der Waals surface area contributed by atoms with E-state index in [2.05, 4.69) is 62.8 Å². The molecule has 1 saturated heterocycles. The van der Waals surface area contributed by atoms with E-state index >= 15 is 0 Å². The van der Waals surface area contributed by atoms with Gasteiger partial charge in [-0.1, -0.05) is 60.1 Å². The number of carboxylic acid groups (broad SMARTS) is 2. The van der Waals surface area contributed by atoms with Crippen molar-refractivity contribution in [2.75, 3.05) is 13.1 Å². The van der Waals surface area contributed by atoms with Crippen LogP contribution in [0.2, 0.25) is 0 Å². The van der Waals surface area contributed by atoms with Gasteiger partial charge in [0.05, 0.1) is 18.7 Å². The summed E-state index contributed by atoms with van der Waals surface area (Å²) in [6.07, 6.45) is 1.82. The number of imidazole rings is 1. The lowest BCUT2D eigenvalue weighted by Gasteiger charge is -2.34. The van der Waals surface area contributed by atoms with Gasteiger partial charge in [-0.2, -0.15) is 0 Å². The number of hydrogen-bond acceptors (Lipinski definition) is 13. The summed E-state index contributed by atoms with van der Waals surface area (Å²) in [5, 5.41) is 43.4. The average Bonchev–Trinajstić information content (AvgIpc) is 4.31. The molecule has 1 fully saturated rings. The van der Waals surface area contributed by atoms with Crippen LogP contribution in [0.3, 0.4) is 0 Å². The third-order valence-electron chi connectivity index (χ3n) is 14.3. The smallest absolute Gasteiger partial charge is 0.326 e. The molecule has 9 amide bonds. The standard InChI is InChI=1S/C51H71N15O13/c1-7-24(6)40-48(76)63-39(23(4)5)47(75)61-33-17-28-27-11-10-25(38(22(2)3)41(49(77)64-40)65-44(72)30-12-13-35(67)57-30)15-31(27)59-42(28)66-20-26(56-21-66)16-32(45(73)62-34(50(78)79)18-37(69)70)58-36(68)19-55-43(71)29(60-46(33)74)9-8-14-54-51(52)53/h10-11,15,20-24,29-30,32-34,38-41,59H,7-9,12-14,16-19H2,1-6H3,(H,55,71)(H,57,67)(H,58,68)(H,60,74)(H,61,75)(H,62,73)(H,63,76)(H,64,77)(H,65,72)(H,69,70)(H,78,79)(H4,52,53,54)/t24-,29-,30+,32+,33-,34+,38-,39+,40+,41+/m0/s1. The predicted molar refractivity (Wildman–Crippen MR) is 282 cm³/mol. The first-order chi connectivity index (χ1) is 37.3. The highest BCUT2D eigenvalue weighted by Gasteiger charge is 2.41. The minimum atomic E-state index is -1.90. The van der Waals surface area contributed by atoms with Crippen LogP contribution in [0.5, 0.6) is 0 Å². The van der Waals surface area contributed by atoms with Gasteiger partial charge in [0.2, 0.25) is 53.2 Å². The van der Waals surface area contributed by atoms with Crippen molar-refractivity contribution >= 4 is 82.0 Å². The van der Waals surface area contributed by atoms with E-state index in [0.29, 0.717) is 28.5 Å². The molecule has 28 nitrogen and oxygen atoms in total. The van der Waals surface area contributed by atoms with Crippen molar-refractivity contribution in [2.24, 2.45) is 34.2 Å². The Balaban J connectivity index is 1.58. The van der Waals surface area contributed by atoms with Gasteiger partial charge in [0, 0.05) is 54.4 Å². The Kier molecular flexibility index (Phi) is 19.8. The molecule has 7 rings (SSSR count). The van der Waals surface area contributed by atoms with Gasteiger partial charge in [-0.15, -0.1) is 0 Å². The number of amides is 9. The number of aliphatic imine (C=N–C) groups is 1. The third-order valence-corrected chi connectivity index (χ3v) is 14.3. The first-order valence-corrected chi connectivity index (χ1v) is 26.2. The Hall–Kier alpha value is -8.59. The fourth-order valence-corrected chi connectivity index (χ4v) is 9.87. The Morgan fingerprint density at radius 2 is 1.51 bits per heavy atom. The maximum atomic E-state index is 15.0. The number of benzene rings is 1. The summed E-state index contributed by atoms with van der Waals surface area (Å²) in [6.45, 7) is 9.84. The van der Waals surface area contributed by atoms with Gasteiger partial charge in [-0.25, -0.2) is 9.78 Å². The van der Waals surface area contributed by atoms with Crippen LogP contribution in [0.15, 0.2) is 35.7 Å². The van der Waals surface area contributed by atoms with Gasteiger partial charge in [0.1, 0.15) is 60.5 Å². The molecular weight excluding hydrogens is 1030 g/mol. The molecule has 28 heteroatoms. The van der Waals surface area contributed by atoms with E-state index in [1.54, 1.807) is 39.0 Å². The fourth-order valence-electron chi connectivity index (χ4n) is 9.87. The molecule has 428 valence electrons. The molecule has 4 aliphatic rings. The number of guanidine groups is 1. The normalized spacial score (nSPS) is 24.2. The van der Waals surface area contributed by atoms with E-state index < -0.39 is 145 Å². The molecule has 0 radical (unpaired) electrons. The number of aliphatic carboxylic acids is 2. The SMILES string of the molecule is CC[C@H](C)[C@H]1NC(=O)[C@H](NC(=O)[C@H]2CCC(=O)N2)[C@@H](C(C)C)c2ccc3c4c([nH]c3c2)-n2cnc(c2)C[C@H](C(=O)N[C@H](CC(=O)O)C(=O)O)NC(=O)CNC(=O)[C@H](CCCN=C(N)N)NC(=O)[C@H](C4)NC(=O)[C@@H](C(C)C)NC1=O. The highest BCUT2D eigenvalue weighted by molar-refractivity contribution is 6.00. The monoisotopic (exact) mass is 1100 g/mol. The lowest BCUT2D eigenvalue weighted by atomic mass is 9.81. The topological polar surface area (TPSA) is 435 Å². The lowest BCUT2D eigenvalue weighted by Crippen LogP contribution is -2.62. The number of hydrogen-bond donors (Lipinski definition) is 14. The summed E-state index contributed by atoms with van der Waals surface area (Å²) >= 11 is 0. The van der Waals surface area contributed by atoms with Gasteiger partial charge in [-0.3, -0.25) is 57.5 Å². The van der Waals surface area contributed by atoms with Gasteiger partial charge < -0.3 is 74.5 Å². The number of nitrogens with two attached hydrogens (primary N) is 2. The van der Waals surface area contributed by atoms with Crippen LogP contribution < -0.4 is 59.3 Å². The number of carbonyl (C=O) groups excluding carboxylic acids is 9. The van der Waals surface area contributed by atoms with Crippen LogP contribution in [0.25, 0.3) is 16.7 Å². The largest absolute Gasteiger partial charge is 0.481 e. The van der Waals surface area contributed by atoms with E-state index in [1.807, 2.05) is 20.8 Å². The Morgan fingerprint density at radius 3 is 2.14 bits per heavy atom. The van der Waals surface area contributed by atoms with Crippen molar-refractivity contribution in [3.63, 3.8) is 0 Å². The molecule has 4 aliphatic heterocycles. The molecule has 0 saturated carbocycles. The van der Waals surface area contributed by atoms with Gasteiger partial charge >= 0.3 is 11.9 Å². The van der Waals surface area contributed by atoms with E-state index in [4.69, 9.17) is 11.5 Å². The van der Waals surface area contributed by atoms with Crippen molar-refractivity contribution in [3.05, 3.63) is 47.5 Å². The van der Waals surface area contributed by atoms with Crippen LogP contribution in [0, 0.1) is 17.8 Å². The molecule has 79 heavy (non-hydrogen) atoms. The number of aromatic nitrogens is 3. The summed E-state index contributed by atoms with van der Waals surface area (Å²) < 4.78 is 1.51. The van der Waals surface area contributed by atoms with Crippen molar-refractivity contribution in [1.29, 1.82) is 0 Å². The Morgan fingerprint density at radius 1 is 0.810 bits per heavy atom. The number of nitrogens with zero attached hydrogens (tertiary/aromatic N) is 3. The molecule has 1 aromatic carbocycles. The number of rotatable bonds is 15. The number of fused-ring (bicyclic) bond motifs is 13. The van der Waals surface area contributed by atoms with Crippen LogP contribution in [-0.2, 0) is 65.6 Å². The molecular formula is C51H71N15O13. The molecule has 3 aromatic rings. The maximum Gasteiger partial charge on any atom is 0.326 e. The first-order valence-electron chi connectivity index (χ1n) is 26.2. The molecule has 10 atom stereocenters. The molecule has 6 heterocycles. The zero-order chi connectivity index (χ0) is 58.0. The highest BCUT2D eigenvalue weighted by atomic mass is 16.4. The van der Waals surface area contributed by atoms with Crippen molar-refractivity contribution in [2.45, 2.75) is 147 Å². The quantitative estimate of drug-likeness (QED) is 0.0319. The number of nitrogens with one attached hydrogen (secondary N) is 10. The van der Waals surface area contributed by atoms with Crippen LogP contribution in [0.4, 0.5) is 0 Å². The summed E-state index contributed by atoms with van der Waals surface area (Å²) in [7, 11) is 0. The molecule has 0 unspecified atom stereocenters. The maximum absolute atomic E-state index is 15.0. The summed E-state index contributed by atoms with van der Waals surface area (Å²) in [5.41, 5.74) is 12.6. The second-order valence-electron chi connectivity index (χ2n) is 20.9. The first kappa shape index (κ1) is 59.7. The van der Waals surface area contributed by atoms with E-state index in [9.17, 15) is 63.0 Å². The average molecular weight is 1100 g/mol. The lowest BCUT2D eigenvalue weighted by molar-refractivity contribution is -0.147. The molecule has 2 aromatic heterocycles.